The summed E-state index contributed by atoms with van der Waals surface area (Å²) in [4.78, 5) is 27.2. The van der Waals surface area contributed by atoms with Crippen molar-refractivity contribution >= 4 is 17.6 Å². The molecule has 33 heavy (non-hydrogen) atoms. The van der Waals surface area contributed by atoms with E-state index in [2.05, 4.69) is 10.6 Å². The van der Waals surface area contributed by atoms with Crippen LogP contribution in [0.25, 0.3) is 0 Å². The number of amides is 3. The average molecular weight is 458 g/mol. The molecule has 1 saturated carbocycles. The van der Waals surface area contributed by atoms with Gasteiger partial charge in [-0.05, 0) is 56.7 Å². The molecule has 0 bridgehead atoms. The summed E-state index contributed by atoms with van der Waals surface area (Å²) >= 11 is 0. The number of rotatable bonds is 5. The summed E-state index contributed by atoms with van der Waals surface area (Å²) in [6.07, 6.45) is 7.69. The van der Waals surface area contributed by atoms with E-state index in [0.29, 0.717) is 12.8 Å². The zero-order valence-electron chi connectivity index (χ0n) is 19.1. The quantitative estimate of drug-likeness (QED) is 0.631. The van der Waals surface area contributed by atoms with Crippen molar-refractivity contribution in [2.24, 2.45) is 0 Å². The van der Waals surface area contributed by atoms with Gasteiger partial charge in [-0.1, -0.05) is 12.8 Å². The highest BCUT2D eigenvalue weighted by Gasteiger charge is 2.46. The van der Waals surface area contributed by atoms with Crippen molar-refractivity contribution in [2.45, 2.75) is 88.1 Å². The summed E-state index contributed by atoms with van der Waals surface area (Å²) in [6, 6.07) is 5.77. The van der Waals surface area contributed by atoms with Crippen LogP contribution in [0.2, 0.25) is 0 Å². The third-order valence-corrected chi connectivity index (χ3v) is 7.56. The van der Waals surface area contributed by atoms with Gasteiger partial charge in [-0.2, -0.15) is 0 Å². The Hall–Kier alpha value is -2.32. The fraction of sp³-hybridized carbons (Fsp3) is 0.680. The van der Waals surface area contributed by atoms with Crippen molar-refractivity contribution in [1.82, 2.24) is 10.2 Å². The monoisotopic (exact) mass is 457 g/mol. The number of fused-ring (bicyclic) bond motifs is 3. The number of piperidine rings is 1. The second-order valence-electron chi connectivity index (χ2n) is 9.88. The van der Waals surface area contributed by atoms with E-state index in [9.17, 15) is 14.7 Å². The number of hydrogen-bond donors (Lipinski definition) is 3. The van der Waals surface area contributed by atoms with Gasteiger partial charge in [0.05, 0.1) is 19.1 Å². The molecule has 3 amide bonds. The lowest BCUT2D eigenvalue weighted by atomic mass is 9.84. The van der Waals surface area contributed by atoms with Gasteiger partial charge in [-0.15, -0.1) is 0 Å². The van der Waals surface area contributed by atoms with Crippen molar-refractivity contribution in [1.29, 1.82) is 0 Å². The molecule has 180 valence electrons. The van der Waals surface area contributed by atoms with E-state index in [0.717, 1.165) is 55.8 Å². The molecule has 3 fully saturated rings. The molecule has 1 aromatic carbocycles. The number of carbonyl (C=O) groups is 2. The number of ether oxygens (including phenoxy) is 2. The molecular weight excluding hydrogens is 422 g/mol. The number of carbonyl (C=O) groups excluding carboxylic acids is 2. The highest BCUT2D eigenvalue weighted by atomic mass is 16.6. The summed E-state index contributed by atoms with van der Waals surface area (Å²) in [7, 11) is 0. The number of anilines is 1. The Morgan fingerprint density at radius 2 is 1.88 bits per heavy atom. The largest absolute Gasteiger partial charge is 0.487 e. The molecule has 0 unspecified atom stereocenters. The number of aliphatic hydroxyl groups excluding tert-OH is 1. The van der Waals surface area contributed by atoms with Gasteiger partial charge in [0.15, 0.2) is 0 Å². The normalized spacial score (nSPS) is 29.2. The SMILES string of the molecule is O=C(Nc1ccc2c(c1)[C@@H]1C[C@@H](CC(=O)N3CCCCC3)O[C@@H](CO)[C@@H]1O2)NC1CCCC1. The van der Waals surface area contributed by atoms with Gasteiger partial charge in [-0.3, -0.25) is 4.79 Å². The van der Waals surface area contributed by atoms with Crippen molar-refractivity contribution in [3.8, 4) is 5.75 Å². The Balaban J connectivity index is 1.26. The van der Waals surface area contributed by atoms with Gasteiger partial charge in [-0.25, -0.2) is 4.79 Å². The van der Waals surface area contributed by atoms with Crippen LogP contribution in [0.15, 0.2) is 18.2 Å². The Labute approximate surface area is 195 Å². The number of hydrogen-bond acceptors (Lipinski definition) is 5. The highest BCUT2D eigenvalue weighted by Crippen LogP contribution is 2.47. The first-order chi connectivity index (χ1) is 16.1. The van der Waals surface area contributed by atoms with Crippen LogP contribution in [-0.4, -0.2) is 66.0 Å². The van der Waals surface area contributed by atoms with Crippen LogP contribution in [-0.2, 0) is 9.53 Å². The van der Waals surface area contributed by atoms with Gasteiger partial charge >= 0.3 is 6.03 Å². The first-order valence-corrected chi connectivity index (χ1v) is 12.5. The molecule has 5 rings (SSSR count). The van der Waals surface area contributed by atoms with Crippen LogP contribution < -0.4 is 15.4 Å². The van der Waals surface area contributed by atoms with Crippen LogP contribution >= 0.6 is 0 Å². The maximum Gasteiger partial charge on any atom is 0.319 e. The fourth-order valence-electron chi connectivity index (χ4n) is 5.86. The van der Waals surface area contributed by atoms with Crippen LogP contribution in [0.4, 0.5) is 10.5 Å². The number of aliphatic hydroxyl groups is 1. The second-order valence-corrected chi connectivity index (χ2v) is 9.88. The second kappa shape index (κ2) is 9.89. The Bertz CT molecular complexity index is 866. The minimum atomic E-state index is -0.475. The molecule has 0 spiro atoms. The summed E-state index contributed by atoms with van der Waals surface area (Å²) in [5.41, 5.74) is 1.73. The summed E-state index contributed by atoms with van der Waals surface area (Å²) < 4.78 is 12.3. The highest BCUT2D eigenvalue weighted by molar-refractivity contribution is 5.89. The molecule has 0 aromatic heterocycles. The molecule has 2 saturated heterocycles. The molecule has 4 aliphatic rings. The van der Waals surface area contributed by atoms with Gasteiger partial charge in [0, 0.05) is 36.3 Å². The minimum Gasteiger partial charge on any atom is -0.487 e. The van der Waals surface area contributed by atoms with E-state index in [1.165, 1.54) is 19.3 Å². The number of likely N-dealkylation sites (tertiary alicyclic amines) is 1. The zero-order valence-corrected chi connectivity index (χ0v) is 19.1. The molecule has 3 N–H and O–H groups in total. The smallest absolute Gasteiger partial charge is 0.319 e. The van der Waals surface area contributed by atoms with E-state index < -0.39 is 6.10 Å². The van der Waals surface area contributed by atoms with Gasteiger partial charge in [0.1, 0.15) is 18.0 Å². The van der Waals surface area contributed by atoms with Crippen molar-refractivity contribution < 1.29 is 24.2 Å². The lowest BCUT2D eigenvalue weighted by molar-refractivity contribution is -0.149. The number of urea groups is 1. The number of benzene rings is 1. The van der Waals surface area contributed by atoms with Crippen molar-refractivity contribution in [3.63, 3.8) is 0 Å². The first-order valence-electron chi connectivity index (χ1n) is 12.5. The summed E-state index contributed by atoms with van der Waals surface area (Å²) in [5, 5.41) is 16.0. The Kier molecular flexibility index (Phi) is 6.74. The molecule has 3 heterocycles. The van der Waals surface area contributed by atoms with Crippen LogP contribution in [0.1, 0.15) is 69.3 Å². The van der Waals surface area contributed by atoms with E-state index in [1.54, 1.807) is 0 Å². The van der Waals surface area contributed by atoms with Crippen LogP contribution in [0, 0.1) is 0 Å². The molecule has 1 aliphatic carbocycles. The molecular formula is C25H35N3O5. The molecule has 8 heteroatoms. The van der Waals surface area contributed by atoms with E-state index in [-0.39, 0.29) is 42.7 Å². The molecule has 0 radical (unpaired) electrons. The van der Waals surface area contributed by atoms with E-state index >= 15 is 0 Å². The maximum atomic E-state index is 12.8. The summed E-state index contributed by atoms with van der Waals surface area (Å²) in [6.45, 7) is 1.49. The third-order valence-electron chi connectivity index (χ3n) is 7.56. The Morgan fingerprint density at radius 3 is 2.64 bits per heavy atom. The first kappa shape index (κ1) is 22.5. The standard InChI is InChI=1S/C25H35N3O5/c29-15-22-24-20(13-18(32-22)14-23(30)28-10-4-1-5-11-28)19-12-17(8-9-21(19)33-24)27-25(31)26-16-6-2-3-7-16/h8-9,12,16,18,20,22,24,29H,1-7,10-11,13-15H2,(H2,26,27,31)/t18-,20-,22-,24+/m0/s1. The van der Waals surface area contributed by atoms with Gasteiger partial charge in [0.25, 0.3) is 0 Å². The fourth-order valence-corrected chi connectivity index (χ4v) is 5.86. The van der Waals surface area contributed by atoms with Crippen molar-refractivity contribution in [3.05, 3.63) is 23.8 Å². The lowest BCUT2D eigenvalue weighted by Crippen LogP contribution is -2.48. The predicted octanol–water partition coefficient (Wildman–Crippen LogP) is 3.15. The van der Waals surface area contributed by atoms with E-state index in [1.807, 2.05) is 23.1 Å². The number of nitrogens with one attached hydrogen (secondary N) is 2. The average Bonchev–Trinajstić information content (AvgIpc) is 3.46. The molecule has 4 atom stereocenters. The predicted molar refractivity (Wildman–Crippen MR) is 123 cm³/mol. The topological polar surface area (TPSA) is 100 Å². The maximum absolute atomic E-state index is 12.8. The van der Waals surface area contributed by atoms with Crippen LogP contribution in [0.5, 0.6) is 5.75 Å². The number of nitrogens with zero attached hydrogens (tertiary/aromatic N) is 1. The van der Waals surface area contributed by atoms with Gasteiger partial charge < -0.3 is 30.1 Å². The van der Waals surface area contributed by atoms with Crippen LogP contribution in [0.3, 0.4) is 0 Å². The third kappa shape index (κ3) is 4.96. The van der Waals surface area contributed by atoms with Crippen molar-refractivity contribution in [2.75, 3.05) is 25.0 Å². The Morgan fingerprint density at radius 1 is 1.09 bits per heavy atom. The zero-order chi connectivity index (χ0) is 22.8. The minimum absolute atomic E-state index is 0.0182. The summed E-state index contributed by atoms with van der Waals surface area (Å²) in [5.74, 6) is 0.912. The lowest BCUT2D eigenvalue weighted by Gasteiger charge is -2.38. The van der Waals surface area contributed by atoms with Gasteiger partial charge in [0.2, 0.25) is 5.91 Å². The molecule has 3 aliphatic heterocycles. The molecule has 1 aromatic rings. The van der Waals surface area contributed by atoms with E-state index in [4.69, 9.17) is 9.47 Å². The molecule has 8 nitrogen and oxygen atoms in total.